The quantitative estimate of drug-likeness (QED) is 0.450. The fourth-order valence-electron chi connectivity index (χ4n) is 2.47. The maximum atomic E-state index is 12.1. The van der Waals surface area contributed by atoms with Crippen LogP contribution < -0.4 is 15.0 Å². The third-order valence-electron chi connectivity index (χ3n) is 3.94. The fraction of sp³-hybridized carbons (Fsp3) is 0.200. The number of benzene rings is 2. The first-order chi connectivity index (χ1) is 14.0. The van der Waals surface area contributed by atoms with Gasteiger partial charge in [-0.05, 0) is 55.9 Å². The molecule has 150 valence electrons. The molecule has 1 aromatic heterocycles. The standard InChI is InChI=1S/C20H19ClN4O3S/c1-3-27-18-10-14(11-22-25-19(26)13(2)23-24-20(25)29)8-9-17(18)28-12-15-6-4-5-7-16(15)21/h4-11H,3,12H2,1-2H3,(H,24,29)/b22-11+. The lowest BCUT2D eigenvalue weighted by molar-refractivity contribution is 0.269. The smallest absolute Gasteiger partial charge is 0.296 e. The molecule has 0 fully saturated rings. The highest BCUT2D eigenvalue weighted by molar-refractivity contribution is 7.71. The van der Waals surface area contributed by atoms with Crippen LogP contribution in [-0.4, -0.2) is 27.7 Å². The van der Waals surface area contributed by atoms with Crippen LogP contribution in [0, 0.1) is 11.7 Å². The number of hydrogen-bond donors (Lipinski definition) is 1. The topological polar surface area (TPSA) is 81.5 Å². The molecule has 0 unspecified atom stereocenters. The lowest BCUT2D eigenvalue weighted by Crippen LogP contribution is -2.22. The van der Waals surface area contributed by atoms with Gasteiger partial charge in [0.05, 0.1) is 12.8 Å². The van der Waals surface area contributed by atoms with Crippen LogP contribution in [0.25, 0.3) is 0 Å². The van der Waals surface area contributed by atoms with Crippen LogP contribution in [0.4, 0.5) is 0 Å². The van der Waals surface area contributed by atoms with Gasteiger partial charge >= 0.3 is 0 Å². The second-order valence-corrected chi connectivity index (χ2v) is 6.79. The van der Waals surface area contributed by atoms with Crippen molar-refractivity contribution in [2.45, 2.75) is 20.5 Å². The number of H-pyrrole nitrogens is 1. The number of ether oxygens (including phenoxy) is 2. The summed E-state index contributed by atoms with van der Waals surface area (Å²) in [7, 11) is 0. The summed E-state index contributed by atoms with van der Waals surface area (Å²) in [6.45, 7) is 4.25. The molecule has 0 aliphatic heterocycles. The summed E-state index contributed by atoms with van der Waals surface area (Å²) >= 11 is 11.3. The van der Waals surface area contributed by atoms with Gasteiger partial charge in [0.1, 0.15) is 12.3 Å². The normalized spacial score (nSPS) is 11.0. The molecule has 0 aliphatic carbocycles. The van der Waals surface area contributed by atoms with E-state index in [0.29, 0.717) is 35.3 Å². The largest absolute Gasteiger partial charge is 0.490 e. The maximum absolute atomic E-state index is 12.1. The van der Waals surface area contributed by atoms with Crippen molar-refractivity contribution in [1.29, 1.82) is 0 Å². The minimum absolute atomic E-state index is 0.113. The molecule has 0 saturated heterocycles. The van der Waals surface area contributed by atoms with Gasteiger partial charge in [0.25, 0.3) is 5.56 Å². The summed E-state index contributed by atoms with van der Waals surface area (Å²) in [5, 5.41) is 11.2. The first-order valence-electron chi connectivity index (χ1n) is 8.85. The molecule has 0 amide bonds. The van der Waals surface area contributed by atoms with Gasteiger partial charge in [-0.1, -0.05) is 29.8 Å². The Bertz CT molecular complexity index is 1160. The molecule has 1 heterocycles. The van der Waals surface area contributed by atoms with E-state index in [-0.39, 0.29) is 16.0 Å². The highest BCUT2D eigenvalue weighted by atomic mass is 35.5. The lowest BCUT2D eigenvalue weighted by Gasteiger charge is -2.13. The Morgan fingerprint density at radius 3 is 2.79 bits per heavy atom. The minimum Gasteiger partial charge on any atom is -0.490 e. The van der Waals surface area contributed by atoms with Crippen LogP contribution in [0.1, 0.15) is 23.7 Å². The third-order valence-corrected chi connectivity index (χ3v) is 4.58. The molecule has 0 bridgehead atoms. The van der Waals surface area contributed by atoms with Crippen LogP contribution in [0.5, 0.6) is 11.5 Å². The second kappa shape index (κ2) is 9.49. The summed E-state index contributed by atoms with van der Waals surface area (Å²) in [6.07, 6.45) is 1.52. The SMILES string of the molecule is CCOc1cc(/C=N/n2c(=S)[nH]nc(C)c2=O)ccc1OCc1ccccc1Cl. The van der Waals surface area contributed by atoms with Gasteiger partial charge in [0.2, 0.25) is 4.77 Å². The number of aromatic amines is 1. The molecular weight excluding hydrogens is 412 g/mol. The molecule has 7 nitrogen and oxygen atoms in total. The van der Waals surface area contributed by atoms with Gasteiger partial charge in [-0.25, -0.2) is 0 Å². The second-order valence-electron chi connectivity index (χ2n) is 5.99. The average Bonchev–Trinajstić information content (AvgIpc) is 2.71. The molecule has 0 atom stereocenters. The highest BCUT2D eigenvalue weighted by Crippen LogP contribution is 2.29. The molecule has 3 rings (SSSR count). The van der Waals surface area contributed by atoms with Crippen molar-refractivity contribution >= 4 is 30.0 Å². The van der Waals surface area contributed by atoms with Gasteiger partial charge in [-0.3, -0.25) is 9.89 Å². The zero-order valence-electron chi connectivity index (χ0n) is 15.9. The number of halogens is 1. The monoisotopic (exact) mass is 430 g/mol. The Morgan fingerprint density at radius 1 is 1.24 bits per heavy atom. The first-order valence-corrected chi connectivity index (χ1v) is 9.64. The van der Waals surface area contributed by atoms with E-state index in [4.69, 9.17) is 33.3 Å². The Morgan fingerprint density at radius 2 is 2.03 bits per heavy atom. The van der Waals surface area contributed by atoms with Crippen molar-refractivity contribution in [3.63, 3.8) is 0 Å². The van der Waals surface area contributed by atoms with Gasteiger partial charge in [0, 0.05) is 10.6 Å². The van der Waals surface area contributed by atoms with E-state index in [0.717, 1.165) is 10.2 Å². The summed E-state index contributed by atoms with van der Waals surface area (Å²) in [5.41, 5.74) is 1.49. The van der Waals surface area contributed by atoms with Gasteiger partial charge in [-0.2, -0.15) is 14.9 Å². The van der Waals surface area contributed by atoms with Gasteiger partial charge < -0.3 is 9.47 Å². The molecule has 0 aliphatic rings. The molecule has 29 heavy (non-hydrogen) atoms. The van der Waals surface area contributed by atoms with Crippen LogP contribution in [0.2, 0.25) is 5.02 Å². The summed E-state index contributed by atoms with van der Waals surface area (Å²) in [6, 6.07) is 12.9. The first kappa shape index (κ1) is 20.8. The minimum atomic E-state index is -0.380. The van der Waals surface area contributed by atoms with Gasteiger partial charge in [0.15, 0.2) is 11.5 Å². The fourth-order valence-corrected chi connectivity index (χ4v) is 2.83. The molecule has 9 heteroatoms. The van der Waals surface area contributed by atoms with Crippen LogP contribution in [0.15, 0.2) is 52.4 Å². The van der Waals surface area contributed by atoms with E-state index in [9.17, 15) is 4.79 Å². The summed E-state index contributed by atoms with van der Waals surface area (Å²) < 4.78 is 12.8. The number of nitrogens with one attached hydrogen (secondary N) is 1. The Labute approximate surface area is 177 Å². The number of nitrogens with zero attached hydrogens (tertiary/aromatic N) is 3. The molecule has 0 saturated carbocycles. The van der Waals surface area contributed by atoms with E-state index < -0.39 is 0 Å². The van der Waals surface area contributed by atoms with E-state index >= 15 is 0 Å². The average molecular weight is 431 g/mol. The number of hydrogen-bond acceptors (Lipinski definition) is 6. The zero-order chi connectivity index (χ0) is 20.8. The van der Waals surface area contributed by atoms with Crippen molar-refractivity contribution in [2.24, 2.45) is 5.10 Å². The molecule has 0 spiro atoms. The van der Waals surface area contributed by atoms with Crippen molar-refractivity contribution in [3.05, 3.63) is 79.4 Å². The van der Waals surface area contributed by atoms with Crippen molar-refractivity contribution in [3.8, 4) is 11.5 Å². The van der Waals surface area contributed by atoms with E-state index in [2.05, 4.69) is 15.3 Å². The molecular formula is C20H19ClN4O3S. The predicted molar refractivity (Wildman–Crippen MR) is 115 cm³/mol. The summed E-state index contributed by atoms with van der Waals surface area (Å²) in [4.78, 5) is 12.1. The molecule has 0 radical (unpaired) electrons. The van der Waals surface area contributed by atoms with Crippen LogP contribution in [0.3, 0.4) is 0 Å². The number of rotatable bonds is 7. The van der Waals surface area contributed by atoms with Crippen molar-refractivity contribution < 1.29 is 9.47 Å². The third kappa shape index (κ3) is 5.10. The summed E-state index contributed by atoms with van der Waals surface area (Å²) in [5.74, 6) is 1.14. The van der Waals surface area contributed by atoms with Crippen molar-refractivity contribution in [2.75, 3.05) is 6.61 Å². The van der Waals surface area contributed by atoms with E-state index in [1.54, 1.807) is 25.1 Å². The molecule has 2 aromatic carbocycles. The van der Waals surface area contributed by atoms with Gasteiger partial charge in [-0.15, -0.1) is 0 Å². The number of aromatic nitrogens is 3. The zero-order valence-corrected chi connectivity index (χ0v) is 17.5. The van der Waals surface area contributed by atoms with Crippen LogP contribution >= 0.6 is 23.8 Å². The van der Waals surface area contributed by atoms with Crippen LogP contribution in [-0.2, 0) is 6.61 Å². The lowest BCUT2D eigenvalue weighted by atomic mass is 10.2. The number of aryl methyl sites for hydroxylation is 1. The Balaban J connectivity index is 1.84. The molecule has 1 N–H and O–H groups in total. The maximum Gasteiger partial charge on any atom is 0.296 e. The van der Waals surface area contributed by atoms with E-state index in [1.165, 1.54) is 6.21 Å². The Kier molecular flexibility index (Phi) is 6.79. The predicted octanol–water partition coefficient (Wildman–Crippen LogP) is 4.12. The molecule has 3 aromatic rings. The highest BCUT2D eigenvalue weighted by Gasteiger charge is 2.08. The van der Waals surface area contributed by atoms with Crippen molar-refractivity contribution in [1.82, 2.24) is 14.9 Å². The Hall–Kier alpha value is -2.97. The van der Waals surface area contributed by atoms with E-state index in [1.807, 2.05) is 31.2 Å².